The SMILES string of the molecule is CC[C@H](C)NC(=O)[C@H](NC(=O)c1ccccc1Cl)C1CCN(C(=O)c2cccc(OC)c2)CC1. The summed E-state index contributed by atoms with van der Waals surface area (Å²) in [6.07, 6.45) is 1.97. The molecule has 0 bridgehead atoms. The maximum atomic E-state index is 13.1. The lowest BCUT2D eigenvalue weighted by molar-refractivity contribution is -0.125. The maximum Gasteiger partial charge on any atom is 0.253 e. The summed E-state index contributed by atoms with van der Waals surface area (Å²) < 4.78 is 5.23. The Bertz CT molecular complexity index is 1020. The molecule has 0 unspecified atom stereocenters. The van der Waals surface area contributed by atoms with Crippen molar-refractivity contribution in [2.75, 3.05) is 20.2 Å². The summed E-state index contributed by atoms with van der Waals surface area (Å²) in [7, 11) is 1.57. The summed E-state index contributed by atoms with van der Waals surface area (Å²) in [4.78, 5) is 40.8. The van der Waals surface area contributed by atoms with Gasteiger partial charge in [0, 0.05) is 24.7 Å². The molecule has 1 aliphatic heterocycles. The number of piperidine rings is 1. The third-order valence-corrected chi connectivity index (χ3v) is 6.63. The highest BCUT2D eigenvalue weighted by molar-refractivity contribution is 6.33. The van der Waals surface area contributed by atoms with Crippen molar-refractivity contribution in [2.45, 2.75) is 45.2 Å². The van der Waals surface area contributed by atoms with Gasteiger partial charge in [0.15, 0.2) is 0 Å². The van der Waals surface area contributed by atoms with Gasteiger partial charge in [-0.1, -0.05) is 36.7 Å². The van der Waals surface area contributed by atoms with E-state index in [0.29, 0.717) is 47.8 Å². The van der Waals surface area contributed by atoms with Gasteiger partial charge in [0.2, 0.25) is 5.91 Å². The molecule has 1 fully saturated rings. The molecule has 0 radical (unpaired) electrons. The van der Waals surface area contributed by atoms with Crippen molar-refractivity contribution in [3.63, 3.8) is 0 Å². The maximum absolute atomic E-state index is 13.1. The summed E-state index contributed by atoms with van der Waals surface area (Å²) in [6, 6.07) is 13.1. The third-order valence-electron chi connectivity index (χ3n) is 6.30. The molecule has 0 aliphatic carbocycles. The van der Waals surface area contributed by atoms with Crippen molar-refractivity contribution in [1.82, 2.24) is 15.5 Å². The fourth-order valence-electron chi connectivity index (χ4n) is 4.07. The number of halogens is 1. The Kier molecular flexibility index (Phi) is 8.93. The Morgan fingerprint density at radius 1 is 1.09 bits per heavy atom. The first kappa shape index (κ1) is 25.6. The number of carbonyl (C=O) groups is 3. The van der Waals surface area contributed by atoms with Gasteiger partial charge in [-0.3, -0.25) is 14.4 Å². The van der Waals surface area contributed by atoms with Crippen LogP contribution in [0.5, 0.6) is 5.75 Å². The Morgan fingerprint density at radius 3 is 2.44 bits per heavy atom. The van der Waals surface area contributed by atoms with Crippen molar-refractivity contribution < 1.29 is 19.1 Å². The lowest BCUT2D eigenvalue weighted by atomic mass is 9.88. The van der Waals surface area contributed by atoms with E-state index in [4.69, 9.17) is 16.3 Å². The van der Waals surface area contributed by atoms with E-state index in [1.807, 2.05) is 13.8 Å². The smallest absolute Gasteiger partial charge is 0.253 e. The number of amides is 3. The third kappa shape index (κ3) is 6.29. The van der Waals surface area contributed by atoms with Gasteiger partial charge in [-0.05, 0) is 62.4 Å². The number of nitrogens with one attached hydrogen (secondary N) is 2. The first-order valence-corrected chi connectivity index (χ1v) is 12.0. The van der Waals surface area contributed by atoms with Crippen molar-refractivity contribution in [2.24, 2.45) is 5.92 Å². The lowest BCUT2D eigenvalue weighted by Crippen LogP contribution is -2.55. The van der Waals surface area contributed by atoms with Crippen molar-refractivity contribution in [3.05, 3.63) is 64.7 Å². The molecule has 3 rings (SSSR count). The Morgan fingerprint density at radius 2 is 1.79 bits per heavy atom. The molecule has 3 amide bonds. The highest BCUT2D eigenvalue weighted by atomic mass is 35.5. The first-order valence-electron chi connectivity index (χ1n) is 11.6. The molecule has 2 aromatic carbocycles. The van der Waals surface area contributed by atoms with Gasteiger partial charge < -0.3 is 20.3 Å². The topological polar surface area (TPSA) is 87.7 Å². The average molecular weight is 486 g/mol. The number of rotatable bonds is 8. The second-order valence-corrected chi connectivity index (χ2v) is 9.02. The molecule has 0 saturated carbocycles. The molecule has 0 aromatic heterocycles. The van der Waals surface area contributed by atoms with Crippen LogP contribution in [-0.2, 0) is 4.79 Å². The zero-order valence-electron chi connectivity index (χ0n) is 19.8. The normalized spacial score (nSPS) is 15.8. The van der Waals surface area contributed by atoms with Crippen molar-refractivity contribution in [3.8, 4) is 5.75 Å². The molecular weight excluding hydrogens is 454 g/mol. The van der Waals surface area contributed by atoms with Crippen LogP contribution in [0, 0.1) is 5.92 Å². The molecule has 1 saturated heterocycles. The fraction of sp³-hybridized carbons (Fsp3) is 0.423. The molecule has 2 atom stereocenters. The van der Waals surface area contributed by atoms with Crippen LogP contribution in [-0.4, -0.2) is 54.9 Å². The number of hydrogen-bond donors (Lipinski definition) is 2. The number of benzene rings is 2. The monoisotopic (exact) mass is 485 g/mol. The number of methoxy groups -OCH3 is 1. The molecule has 7 nitrogen and oxygen atoms in total. The number of likely N-dealkylation sites (tertiary alicyclic amines) is 1. The van der Waals surface area contributed by atoms with Crippen LogP contribution in [0.1, 0.15) is 53.8 Å². The van der Waals surface area contributed by atoms with Crippen molar-refractivity contribution in [1.29, 1.82) is 0 Å². The van der Waals surface area contributed by atoms with Gasteiger partial charge in [-0.25, -0.2) is 0 Å². The van der Waals surface area contributed by atoms with Crippen LogP contribution in [0.25, 0.3) is 0 Å². The van der Waals surface area contributed by atoms with Gasteiger partial charge in [0.05, 0.1) is 17.7 Å². The predicted octanol–water partition coefficient (Wildman–Crippen LogP) is 3.91. The summed E-state index contributed by atoms with van der Waals surface area (Å²) in [6.45, 7) is 4.91. The Balaban J connectivity index is 1.71. The minimum atomic E-state index is -0.716. The van der Waals surface area contributed by atoms with E-state index in [-0.39, 0.29) is 29.7 Å². The van der Waals surface area contributed by atoms with E-state index in [1.54, 1.807) is 60.5 Å². The predicted molar refractivity (Wildman–Crippen MR) is 132 cm³/mol. The average Bonchev–Trinajstić information content (AvgIpc) is 2.87. The molecule has 1 heterocycles. The van der Waals surface area contributed by atoms with E-state index in [1.165, 1.54) is 0 Å². The minimum Gasteiger partial charge on any atom is -0.497 e. The van der Waals surface area contributed by atoms with Crippen LogP contribution in [0.4, 0.5) is 0 Å². The number of hydrogen-bond acceptors (Lipinski definition) is 4. The largest absolute Gasteiger partial charge is 0.497 e. The van der Waals surface area contributed by atoms with Crippen LogP contribution in [0.3, 0.4) is 0 Å². The Labute approximate surface area is 205 Å². The molecule has 182 valence electrons. The molecule has 34 heavy (non-hydrogen) atoms. The van der Waals surface area contributed by atoms with Crippen LogP contribution in [0.2, 0.25) is 5.02 Å². The highest BCUT2D eigenvalue weighted by Crippen LogP contribution is 2.24. The highest BCUT2D eigenvalue weighted by Gasteiger charge is 2.34. The summed E-state index contributed by atoms with van der Waals surface area (Å²) in [5, 5.41) is 6.23. The van der Waals surface area contributed by atoms with Crippen LogP contribution in [0.15, 0.2) is 48.5 Å². The van der Waals surface area contributed by atoms with Gasteiger partial charge in [-0.15, -0.1) is 0 Å². The van der Waals surface area contributed by atoms with Crippen LogP contribution >= 0.6 is 11.6 Å². The quantitative estimate of drug-likeness (QED) is 0.593. The van der Waals surface area contributed by atoms with Crippen LogP contribution < -0.4 is 15.4 Å². The molecule has 1 aliphatic rings. The number of nitrogens with zero attached hydrogens (tertiary/aromatic N) is 1. The van der Waals surface area contributed by atoms with Gasteiger partial charge in [0.1, 0.15) is 11.8 Å². The summed E-state index contributed by atoms with van der Waals surface area (Å²) in [5.41, 5.74) is 0.895. The Hall–Kier alpha value is -3.06. The number of ether oxygens (including phenoxy) is 1. The van der Waals surface area contributed by atoms with Gasteiger partial charge >= 0.3 is 0 Å². The second-order valence-electron chi connectivity index (χ2n) is 8.61. The molecule has 0 spiro atoms. The van der Waals surface area contributed by atoms with E-state index in [0.717, 1.165) is 6.42 Å². The fourth-order valence-corrected chi connectivity index (χ4v) is 4.29. The van der Waals surface area contributed by atoms with Gasteiger partial charge in [0.25, 0.3) is 11.8 Å². The van der Waals surface area contributed by atoms with E-state index < -0.39 is 6.04 Å². The van der Waals surface area contributed by atoms with E-state index in [2.05, 4.69) is 10.6 Å². The molecule has 8 heteroatoms. The minimum absolute atomic E-state index is 0.0121. The van der Waals surface area contributed by atoms with E-state index in [9.17, 15) is 14.4 Å². The number of carbonyl (C=O) groups excluding carboxylic acids is 3. The molecule has 2 aromatic rings. The summed E-state index contributed by atoms with van der Waals surface area (Å²) >= 11 is 6.19. The molecule has 2 N–H and O–H groups in total. The zero-order valence-corrected chi connectivity index (χ0v) is 20.6. The standard InChI is InChI=1S/C26H32ClN3O4/c1-4-17(2)28-25(32)23(29-24(31)21-10-5-6-11-22(21)27)18-12-14-30(15-13-18)26(33)19-8-7-9-20(16-19)34-3/h5-11,16-18,23H,4,12-15H2,1-3H3,(H,28,32)(H,29,31)/t17-,23+/m0/s1. The second kappa shape index (κ2) is 11.9. The molecular formula is C26H32ClN3O4. The summed E-state index contributed by atoms with van der Waals surface area (Å²) in [5.74, 6) is -0.148. The van der Waals surface area contributed by atoms with Gasteiger partial charge in [-0.2, -0.15) is 0 Å². The van der Waals surface area contributed by atoms with Crippen molar-refractivity contribution >= 4 is 29.3 Å². The lowest BCUT2D eigenvalue weighted by Gasteiger charge is -2.36. The zero-order chi connectivity index (χ0) is 24.7. The first-order chi connectivity index (χ1) is 16.3. The van der Waals surface area contributed by atoms with E-state index >= 15 is 0 Å².